The third-order valence-corrected chi connectivity index (χ3v) is 5.16. The minimum atomic E-state index is 0.944. The van der Waals surface area contributed by atoms with Gasteiger partial charge in [-0.15, -0.1) is 0 Å². The van der Waals surface area contributed by atoms with Crippen LogP contribution in [0.3, 0.4) is 0 Å². The highest BCUT2D eigenvalue weighted by Gasteiger charge is 2.10. The van der Waals surface area contributed by atoms with Crippen molar-refractivity contribution in [2.45, 2.75) is 0 Å². The lowest BCUT2D eigenvalue weighted by atomic mass is 9.99. The molecule has 2 aromatic heterocycles. The van der Waals surface area contributed by atoms with Gasteiger partial charge in [0.15, 0.2) is 0 Å². The Bertz CT molecular complexity index is 1070. The smallest absolute Gasteiger partial charge is 0.112 e. The second kappa shape index (κ2) is 5.43. The third-order valence-electron chi connectivity index (χ3n) is 4.08. The Hall–Kier alpha value is -2.70. The molecule has 6 heteroatoms. The zero-order valence-corrected chi connectivity index (χ0v) is 14.0. The monoisotopic (exact) mass is 346 g/mol. The quantitative estimate of drug-likeness (QED) is 0.450. The van der Waals surface area contributed by atoms with E-state index in [1.165, 1.54) is 23.5 Å². The first kappa shape index (κ1) is 13.7. The standard InChI is InChI=1S/C18H10N4S2/c1-3-13(17-15(5-1)19-23-21-17)11-7-9-12(10-8-11)14-4-2-6-16-18(14)22-24-20-16/h1-10H. The number of benzene rings is 3. The van der Waals surface area contributed by atoms with Gasteiger partial charge in [-0.1, -0.05) is 48.5 Å². The van der Waals surface area contributed by atoms with Gasteiger partial charge in [-0.3, -0.25) is 0 Å². The van der Waals surface area contributed by atoms with Gasteiger partial charge in [-0.25, -0.2) is 0 Å². The lowest BCUT2D eigenvalue weighted by Crippen LogP contribution is -1.83. The fourth-order valence-corrected chi connectivity index (χ4v) is 4.01. The molecule has 0 bridgehead atoms. The zero-order chi connectivity index (χ0) is 15.9. The van der Waals surface area contributed by atoms with Crippen molar-refractivity contribution in [1.29, 1.82) is 0 Å². The molecular weight excluding hydrogens is 336 g/mol. The van der Waals surface area contributed by atoms with Crippen molar-refractivity contribution in [2.75, 3.05) is 0 Å². The first-order valence-corrected chi connectivity index (χ1v) is 8.89. The Kier molecular flexibility index (Phi) is 3.11. The van der Waals surface area contributed by atoms with Crippen molar-refractivity contribution < 1.29 is 0 Å². The van der Waals surface area contributed by atoms with Crippen molar-refractivity contribution in [3.63, 3.8) is 0 Å². The molecule has 114 valence electrons. The van der Waals surface area contributed by atoms with Crippen LogP contribution in [0.5, 0.6) is 0 Å². The second-order valence-corrected chi connectivity index (χ2v) is 6.51. The van der Waals surface area contributed by atoms with Crippen LogP contribution in [0.1, 0.15) is 0 Å². The van der Waals surface area contributed by atoms with Crippen LogP contribution < -0.4 is 0 Å². The van der Waals surface area contributed by atoms with E-state index in [0.717, 1.165) is 44.3 Å². The summed E-state index contributed by atoms with van der Waals surface area (Å²) in [6.45, 7) is 0. The van der Waals surface area contributed by atoms with Gasteiger partial charge in [-0.2, -0.15) is 17.5 Å². The minimum Gasteiger partial charge on any atom is -0.173 e. The molecule has 0 fully saturated rings. The Morgan fingerprint density at radius 2 is 0.958 bits per heavy atom. The third kappa shape index (κ3) is 2.11. The molecule has 2 heterocycles. The van der Waals surface area contributed by atoms with Crippen LogP contribution in [0.2, 0.25) is 0 Å². The van der Waals surface area contributed by atoms with Crippen LogP contribution >= 0.6 is 23.5 Å². The normalized spacial score (nSPS) is 11.3. The van der Waals surface area contributed by atoms with E-state index in [1.807, 2.05) is 24.3 Å². The summed E-state index contributed by atoms with van der Waals surface area (Å²) in [6, 6.07) is 20.7. The van der Waals surface area contributed by atoms with Crippen molar-refractivity contribution in [3.05, 3.63) is 60.7 Å². The van der Waals surface area contributed by atoms with E-state index in [2.05, 4.69) is 53.9 Å². The molecule has 0 unspecified atom stereocenters. The van der Waals surface area contributed by atoms with E-state index >= 15 is 0 Å². The average molecular weight is 346 g/mol. The topological polar surface area (TPSA) is 51.6 Å². The lowest BCUT2D eigenvalue weighted by molar-refractivity contribution is 1.58. The van der Waals surface area contributed by atoms with E-state index in [9.17, 15) is 0 Å². The van der Waals surface area contributed by atoms with Crippen LogP contribution in [0.4, 0.5) is 0 Å². The van der Waals surface area contributed by atoms with Gasteiger partial charge in [0.05, 0.1) is 23.5 Å². The zero-order valence-electron chi connectivity index (χ0n) is 12.4. The van der Waals surface area contributed by atoms with E-state index in [-0.39, 0.29) is 0 Å². The molecule has 0 radical (unpaired) electrons. The highest BCUT2D eigenvalue weighted by Crippen LogP contribution is 2.31. The SMILES string of the molecule is c1cc(-c2ccc(-c3cccc4nsnc34)cc2)c2nsnc2c1. The summed E-state index contributed by atoms with van der Waals surface area (Å²) in [5.74, 6) is 0. The van der Waals surface area contributed by atoms with Crippen LogP contribution in [-0.4, -0.2) is 17.5 Å². The molecule has 0 saturated carbocycles. The molecule has 4 nitrogen and oxygen atoms in total. The fraction of sp³-hybridized carbons (Fsp3) is 0. The van der Waals surface area contributed by atoms with Crippen LogP contribution in [0, 0.1) is 0 Å². The van der Waals surface area contributed by atoms with Gasteiger partial charge >= 0.3 is 0 Å². The van der Waals surface area contributed by atoms with Crippen LogP contribution in [0.25, 0.3) is 44.3 Å². The molecule has 24 heavy (non-hydrogen) atoms. The van der Waals surface area contributed by atoms with Crippen molar-refractivity contribution in [3.8, 4) is 22.3 Å². The summed E-state index contributed by atoms with van der Waals surface area (Å²) in [5, 5.41) is 0. The predicted octanol–water partition coefficient (Wildman–Crippen LogP) is 5.03. The molecule has 0 saturated heterocycles. The maximum Gasteiger partial charge on any atom is 0.112 e. The molecule has 0 aliphatic rings. The molecule has 0 N–H and O–H groups in total. The number of aromatic nitrogens is 4. The molecule has 0 spiro atoms. The number of hydrogen-bond donors (Lipinski definition) is 0. The van der Waals surface area contributed by atoms with Gasteiger partial charge in [0.1, 0.15) is 22.1 Å². The summed E-state index contributed by atoms with van der Waals surface area (Å²) >= 11 is 2.50. The van der Waals surface area contributed by atoms with E-state index < -0.39 is 0 Å². The minimum absolute atomic E-state index is 0.944. The second-order valence-electron chi connectivity index (χ2n) is 5.45. The van der Waals surface area contributed by atoms with Crippen LogP contribution in [0.15, 0.2) is 60.7 Å². The number of rotatable bonds is 2. The van der Waals surface area contributed by atoms with Gasteiger partial charge in [0.2, 0.25) is 0 Å². The average Bonchev–Trinajstić information content (AvgIpc) is 3.30. The molecule has 0 aliphatic carbocycles. The molecule has 3 aromatic carbocycles. The lowest BCUT2D eigenvalue weighted by Gasteiger charge is -2.06. The molecule has 0 atom stereocenters. The van der Waals surface area contributed by atoms with E-state index in [4.69, 9.17) is 0 Å². The Labute approximate surface area is 146 Å². The fourth-order valence-electron chi connectivity index (χ4n) is 2.91. The highest BCUT2D eigenvalue weighted by molar-refractivity contribution is 7.00. The van der Waals surface area contributed by atoms with Crippen molar-refractivity contribution >= 4 is 45.5 Å². The highest BCUT2D eigenvalue weighted by atomic mass is 32.1. The predicted molar refractivity (Wildman–Crippen MR) is 99.3 cm³/mol. The summed E-state index contributed by atoms with van der Waals surface area (Å²) in [7, 11) is 0. The maximum absolute atomic E-state index is 4.42. The molecule has 0 amide bonds. The van der Waals surface area contributed by atoms with Crippen LogP contribution in [-0.2, 0) is 0 Å². The molecule has 5 aromatic rings. The molecule has 0 aliphatic heterocycles. The van der Waals surface area contributed by atoms with Crippen molar-refractivity contribution in [2.24, 2.45) is 0 Å². The Balaban J connectivity index is 1.63. The van der Waals surface area contributed by atoms with Gasteiger partial charge < -0.3 is 0 Å². The first-order chi connectivity index (χ1) is 11.9. The molecular formula is C18H10N4S2. The number of nitrogens with zero attached hydrogens (tertiary/aromatic N) is 4. The van der Waals surface area contributed by atoms with Gasteiger partial charge in [-0.05, 0) is 23.3 Å². The van der Waals surface area contributed by atoms with Gasteiger partial charge in [0, 0.05) is 11.1 Å². The Morgan fingerprint density at radius 1 is 0.500 bits per heavy atom. The summed E-state index contributed by atoms with van der Waals surface area (Å²) in [4.78, 5) is 0. The summed E-state index contributed by atoms with van der Waals surface area (Å²) in [6.07, 6.45) is 0. The summed E-state index contributed by atoms with van der Waals surface area (Å²) in [5.41, 5.74) is 8.31. The van der Waals surface area contributed by atoms with E-state index in [0.29, 0.717) is 0 Å². The number of hydrogen-bond acceptors (Lipinski definition) is 6. The van der Waals surface area contributed by atoms with Crippen molar-refractivity contribution in [1.82, 2.24) is 17.5 Å². The van der Waals surface area contributed by atoms with Gasteiger partial charge in [0.25, 0.3) is 0 Å². The maximum atomic E-state index is 4.42. The summed E-state index contributed by atoms with van der Waals surface area (Å²) < 4.78 is 17.5. The number of fused-ring (bicyclic) bond motifs is 2. The van der Waals surface area contributed by atoms with E-state index in [1.54, 1.807) is 0 Å². The first-order valence-electron chi connectivity index (χ1n) is 7.43. The largest absolute Gasteiger partial charge is 0.173 e. The Morgan fingerprint density at radius 3 is 1.42 bits per heavy atom. The molecule has 5 rings (SSSR count).